The Morgan fingerprint density at radius 2 is 1.40 bits per heavy atom. The fraction of sp³-hybridized carbons (Fsp3) is 0.0645. The summed E-state index contributed by atoms with van der Waals surface area (Å²) < 4.78 is 8.76. The Morgan fingerprint density at radius 3 is 2.17 bits per heavy atom. The van der Waals surface area contributed by atoms with Crippen LogP contribution in [0.3, 0.4) is 0 Å². The van der Waals surface area contributed by atoms with Gasteiger partial charge in [-0.15, -0.1) is 11.3 Å². The summed E-state index contributed by atoms with van der Waals surface area (Å²) >= 11 is 1.82. The summed E-state index contributed by atoms with van der Waals surface area (Å²) in [6.07, 6.45) is 0.859. The molecule has 3 heterocycles. The van der Waals surface area contributed by atoms with Crippen molar-refractivity contribution in [3.63, 3.8) is 0 Å². The maximum atomic E-state index is 6.50. The largest absolute Gasteiger partial charge is 0.452 e. The predicted octanol–water partition coefficient (Wildman–Crippen LogP) is 8.76. The lowest BCUT2D eigenvalue weighted by Crippen LogP contribution is -2.07. The number of imidazole rings is 1. The first-order chi connectivity index (χ1) is 17.3. The van der Waals surface area contributed by atoms with E-state index >= 15 is 0 Å². The van der Waals surface area contributed by atoms with Crippen LogP contribution >= 0.6 is 11.3 Å². The number of thiophene rings is 1. The summed E-state index contributed by atoms with van der Waals surface area (Å²) in [6, 6.07) is 36.2. The highest BCUT2D eigenvalue weighted by Crippen LogP contribution is 2.46. The van der Waals surface area contributed by atoms with Crippen molar-refractivity contribution in [1.82, 2.24) is 9.55 Å². The zero-order valence-corrected chi connectivity index (χ0v) is 20.0. The van der Waals surface area contributed by atoms with Crippen LogP contribution in [0, 0.1) is 0 Å². The Morgan fingerprint density at radius 1 is 0.714 bits per heavy atom. The molecule has 0 N–H and O–H groups in total. The first kappa shape index (κ1) is 20.2. The minimum Gasteiger partial charge on any atom is -0.452 e. The molecule has 0 saturated carbocycles. The van der Waals surface area contributed by atoms with Crippen molar-refractivity contribution >= 4 is 22.4 Å². The van der Waals surface area contributed by atoms with E-state index in [4.69, 9.17) is 9.72 Å². The highest BCUT2D eigenvalue weighted by molar-refractivity contribution is 7.18. The summed E-state index contributed by atoms with van der Waals surface area (Å²) in [4.78, 5) is 7.45. The normalized spacial score (nSPS) is 11.9. The van der Waals surface area contributed by atoms with E-state index in [1.165, 1.54) is 20.9 Å². The van der Waals surface area contributed by atoms with Crippen LogP contribution in [0.4, 0.5) is 0 Å². The molecule has 4 heteroatoms. The lowest BCUT2D eigenvalue weighted by molar-refractivity contribution is 0.476. The van der Waals surface area contributed by atoms with Crippen LogP contribution in [0.15, 0.2) is 103 Å². The zero-order valence-electron chi connectivity index (χ0n) is 19.2. The second-order valence-electron chi connectivity index (χ2n) is 8.70. The molecule has 0 radical (unpaired) electrons. The molecule has 4 aromatic carbocycles. The Labute approximate surface area is 207 Å². The number of rotatable bonds is 4. The molecular formula is C31H22N2OS. The molecule has 0 amide bonds. The summed E-state index contributed by atoms with van der Waals surface area (Å²) in [7, 11) is 0. The van der Waals surface area contributed by atoms with Gasteiger partial charge in [0, 0.05) is 21.7 Å². The SMILES string of the molecule is CCc1nc2ccc(-c3ccc(-c4ccc(-c5ccccc5)s4)cc3)c3c2n1-c1ccccc1O3. The molecular weight excluding hydrogens is 448 g/mol. The van der Waals surface area contributed by atoms with Crippen molar-refractivity contribution in [3.05, 3.63) is 109 Å². The maximum absolute atomic E-state index is 6.50. The number of hydrogen-bond donors (Lipinski definition) is 0. The molecule has 7 rings (SSSR count). The highest BCUT2D eigenvalue weighted by atomic mass is 32.1. The Kier molecular flexibility index (Phi) is 4.61. The number of nitrogens with zero attached hydrogens (tertiary/aromatic N) is 2. The van der Waals surface area contributed by atoms with E-state index in [0.29, 0.717) is 0 Å². The molecule has 168 valence electrons. The maximum Gasteiger partial charge on any atom is 0.161 e. The Hall–Kier alpha value is -4.15. The predicted molar refractivity (Wildman–Crippen MR) is 145 cm³/mol. The van der Waals surface area contributed by atoms with Gasteiger partial charge in [0.1, 0.15) is 11.3 Å². The third-order valence-electron chi connectivity index (χ3n) is 6.62. The van der Waals surface area contributed by atoms with Crippen LogP contribution in [-0.4, -0.2) is 9.55 Å². The molecule has 1 aliphatic heterocycles. The lowest BCUT2D eigenvalue weighted by atomic mass is 10.0. The number of aryl methyl sites for hydroxylation is 1. The highest BCUT2D eigenvalue weighted by Gasteiger charge is 2.26. The Bertz CT molecular complexity index is 1690. The molecule has 2 aromatic heterocycles. The molecule has 0 spiro atoms. The van der Waals surface area contributed by atoms with Crippen molar-refractivity contribution in [2.45, 2.75) is 13.3 Å². The summed E-state index contributed by atoms with van der Waals surface area (Å²) in [5.74, 6) is 2.80. The molecule has 0 unspecified atom stereocenters. The number of fused-ring (bicyclic) bond motifs is 2. The van der Waals surface area contributed by atoms with Crippen LogP contribution < -0.4 is 4.74 Å². The number of benzene rings is 4. The second-order valence-corrected chi connectivity index (χ2v) is 9.79. The average molecular weight is 471 g/mol. The first-order valence-corrected chi connectivity index (χ1v) is 12.7. The summed E-state index contributed by atoms with van der Waals surface area (Å²) in [5, 5.41) is 0. The fourth-order valence-electron chi connectivity index (χ4n) is 4.92. The molecule has 0 atom stereocenters. The van der Waals surface area contributed by atoms with Crippen LogP contribution in [0.2, 0.25) is 0 Å². The molecule has 1 aliphatic rings. The van der Waals surface area contributed by atoms with E-state index in [-0.39, 0.29) is 0 Å². The number of hydrogen-bond acceptors (Lipinski definition) is 3. The molecule has 3 nitrogen and oxygen atoms in total. The van der Waals surface area contributed by atoms with E-state index in [0.717, 1.165) is 51.6 Å². The van der Waals surface area contributed by atoms with Crippen LogP contribution in [0.1, 0.15) is 12.7 Å². The van der Waals surface area contributed by atoms with Crippen molar-refractivity contribution in [1.29, 1.82) is 0 Å². The third-order valence-corrected chi connectivity index (χ3v) is 7.80. The molecule has 0 bridgehead atoms. The van der Waals surface area contributed by atoms with Crippen LogP contribution in [0.25, 0.3) is 48.7 Å². The van der Waals surface area contributed by atoms with Gasteiger partial charge in [-0.1, -0.05) is 73.7 Å². The number of aromatic nitrogens is 2. The van der Waals surface area contributed by atoms with E-state index in [1.807, 2.05) is 23.5 Å². The monoisotopic (exact) mass is 470 g/mol. The van der Waals surface area contributed by atoms with E-state index in [1.54, 1.807) is 0 Å². The van der Waals surface area contributed by atoms with Crippen molar-refractivity contribution in [2.75, 3.05) is 0 Å². The van der Waals surface area contributed by atoms with E-state index in [9.17, 15) is 0 Å². The van der Waals surface area contributed by atoms with Gasteiger partial charge in [0.2, 0.25) is 0 Å². The lowest BCUT2D eigenvalue weighted by Gasteiger charge is -2.23. The van der Waals surface area contributed by atoms with Gasteiger partial charge in [-0.05, 0) is 53.1 Å². The molecule has 0 fully saturated rings. The van der Waals surface area contributed by atoms with E-state index in [2.05, 4.69) is 102 Å². The van der Waals surface area contributed by atoms with Gasteiger partial charge in [-0.2, -0.15) is 0 Å². The topological polar surface area (TPSA) is 27.1 Å². The van der Waals surface area contributed by atoms with Crippen molar-refractivity contribution < 1.29 is 4.74 Å². The van der Waals surface area contributed by atoms with Gasteiger partial charge in [0.15, 0.2) is 11.5 Å². The van der Waals surface area contributed by atoms with Crippen LogP contribution in [-0.2, 0) is 6.42 Å². The number of ether oxygens (including phenoxy) is 1. The van der Waals surface area contributed by atoms with Crippen molar-refractivity contribution in [2.24, 2.45) is 0 Å². The van der Waals surface area contributed by atoms with Gasteiger partial charge >= 0.3 is 0 Å². The quantitative estimate of drug-likeness (QED) is 0.257. The average Bonchev–Trinajstić information content (AvgIpc) is 3.56. The minimum absolute atomic E-state index is 0.859. The molecule has 0 aliphatic carbocycles. The van der Waals surface area contributed by atoms with E-state index < -0.39 is 0 Å². The molecule has 0 saturated heterocycles. The fourth-order valence-corrected chi connectivity index (χ4v) is 5.93. The van der Waals surface area contributed by atoms with Crippen molar-refractivity contribution in [3.8, 4) is 49.2 Å². The van der Waals surface area contributed by atoms with Gasteiger partial charge in [0.05, 0.1) is 11.2 Å². The Balaban J connectivity index is 1.31. The van der Waals surface area contributed by atoms with Crippen LogP contribution in [0.5, 0.6) is 11.5 Å². The summed E-state index contributed by atoms with van der Waals surface area (Å²) in [5.41, 5.74) is 7.77. The second kappa shape index (κ2) is 7.97. The first-order valence-electron chi connectivity index (χ1n) is 11.9. The van der Waals surface area contributed by atoms with Gasteiger partial charge < -0.3 is 4.74 Å². The van der Waals surface area contributed by atoms with Gasteiger partial charge in [-0.3, -0.25) is 4.57 Å². The summed E-state index contributed by atoms with van der Waals surface area (Å²) in [6.45, 7) is 2.15. The molecule has 6 aromatic rings. The van der Waals surface area contributed by atoms with Gasteiger partial charge in [0.25, 0.3) is 0 Å². The smallest absolute Gasteiger partial charge is 0.161 e. The zero-order chi connectivity index (χ0) is 23.4. The minimum atomic E-state index is 0.859. The third kappa shape index (κ3) is 3.22. The standard InChI is InChI=1S/C31H22N2OS/c1-2-29-32-24-17-16-23(31-30(24)33(29)25-10-6-7-11-26(25)34-31)20-12-14-22(15-13-20)28-19-18-27(35-28)21-8-4-3-5-9-21/h3-19H,2H2,1H3. The number of para-hydroxylation sites is 2. The van der Waals surface area contributed by atoms with Gasteiger partial charge in [-0.25, -0.2) is 4.98 Å². The molecule has 35 heavy (non-hydrogen) atoms.